The van der Waals surface area contributed by atoms with Gasteiger partial charge in [-0.15, -0.1) is 0 Å². The summed E-state index contributed by atoms with van der Waals surface area (Å²) in [6.45, 7) is 0. The van der Waals surface area contributed by atoms with E-state index in [-0.39, 0.29) is 21.3 Å². The molecule has 0 saturated heterocycles. The first-order valence-electron chi connectivity index (χ1n) is 7.71. The molecule has 2 aromatic carbocycles. The topological polar surface area (TPSA) is 66.0 Å². The Morgan fingerprint density at radius 2 is 1.74 bits per heavy atom. The van der Waals surface area contributed by atoms with E-state index in [2.05, 4.69) is 5.32 Å². The lowest BCUT2D eigenvalue weighted by atomic mass is 10.2. The molecular formula is C20H11Cl3N2O2. The van der Waals surface area contributed by atoms with Crippen molar-refractivity contribution in [2.24, 2.45) is 0 Å². The predicted octanol–water partition coefficient (Wildman–Crippen LogP) is 6.45. The van der Waals surface area contributed by atoms with Crippen molar-refractivity contribution in [1.82, 2.24) is 0 Å². The van der Waals surface area contributed by atoms with Gasteiger partial charge in [0.05, 0.1) is 15.7 Å². The van der Waals surface area contributed by atoms with Gasteiger partial charge in [0.1, 0.15) is 23.2 Å². The Labute approximate surface area is 170 Å². The zero-order valence-electron chi connectivity index (χ0n) is 13.7. The van der Waals surface area contributed by atoms with Crippen LogP contribution in [0.25, 0.3) is 17.4 Å². The van der Waals surface area contributed by atoms with Crippen LogP contribution in [0.1, 0.15) is 5.76 Å². The molecule has 0 radical (unpaired) electrons. The lowest BCUT2D eigenvalue weighted by Crippen LogP contribution is -2.14. The maximum Gasteiger partial charge on any atom is 0.266 e. The average Bonchev–Trinajstić information content (AvgIpc) is 3.11. The molecule has 1 aromatic heterocycles. The average molecular weight is 418 g/mol. The van der Waals surface area contributed by atoms with Gasteiger partial charge < -0.3 is 9.73 Å². The van der Waals surface area contributed by atoms with Gasteiger partial charge in [0.15, 0.2) is 0 Å². The van der Waals surface area contributed by atoms with Gasteiger partial charge in [0.2, 0.25) is 0 Å². The molecule has 27 heavy (non-hydrogen) atoms. The Balaban J connectivity index is 1.84. The number of anilines is 1. The van der Waals surface area contributed by atoms with E-state index in [9.17, 15) is 10.1 Å². The summed E-state index contributed by atoms with van der Waals surface area (Å²) in [5, 5.41) is 13.0. The number of hydrogen-bond donors (Lipinski definition) is 1. The second kappa shape index (κ2) is 8.32. The molecule has 0 aliphatic heterocycles. The summed E-state index contributed by atoms with van der Waals surface area (Å²) < 4.78 is 5.69. The summed E-state index contributed by atoms with van der Waals surface area (Å²) in [5.74, 6) is 0.269. The van der Waals surface area contributed by atoms with Gasteiger partial charge in [-0.3, -0.25) is 4.79 Å². The van der Waals surface area contributed by atoms with E-state index in [0.29, 0.717) is 16.5 Å². The highest BCUT2D eigenvalue weighted by atomic mass is 35.5. The van der Waals surface area contributed by atoms with Crippen LogP contribution in [0.2, 0.25) is 15.1 Å². The lowest BCUT2D eigenvalue weighted by Gasteiger charge is -2.08. The van der Waals surface area contributed by atoms with E-state index >= 15 is 0 Å². The minimum Gasteiger partial charge on any atom is -0.457 e. The maximum atomic E-state index is 12.4. The van der Waals surface area contributed by atoms with Crippen LogP contribution in [0.4, 0.5) is 5.69 Å². The smallest absolute Gasteiger partial charge is 0.266 e. The number of para-hydroxylation sites is 1. The first-order valence-corrected chi connectivity index (χ1v) is 8.84. The number of hydrogen-bond acceptors (Lipinski definition) is 3. The molecule has 0 fully saturated rings. The quantitative estimate of drug-likeness (QED) is 0.392. The molecule has 1 heterocycles. The fourth-order valence-electron chi connectivity index (χ4n) is 2.32. The van der Waals surface area contributed by atoms with E-state index < -0.39 is 5.91 Å². The molecule has 0 spiro atoms. The molecular weight excluding hydrogens is 407 g/mol. The van der Waals surface area contributed by atoms with Crippen LogP contribution >= 0.6 is 34.8 Å². The zero-order chi connectivity index (χ0) is 19.4. The first kappa shape index (κ1) is 19.1. The molecule has 4 nitrogen and oxygen atoms in total. The number of nitrogens with zero attached hydrogens (tertiary/aromatic N) is 1. The third-order valence-corrected chi connectivity index (χ3v) is 4.45. The van der Waals surface area contributed by atoms with Gasteiger partial charge >= 0.3 is 0 Å². The summed E-state index contributed by atoms with van der Waals surface area (Å²) in [4.78, 5) is 12.4. The highest BCUT2D eigenvalue weighted by Crippen LogP contribution is 2.30. The van der Waals surface area contributed by atoms with Crippen molar-refractivity contribution in [1.29, 1.82) is 5.26 Å². The van der Waals surface area contributed by atoms with Gasteiger partial charge in [-0.1, -0.05) is 53.0 Å². The number of amides is 1. The minimum atomic E-state index is -0.645. The monoisotopic (exact) mass is 416 g/mol. The van der Waals surface area contributed by atoms with E-state index in [4.69, 9.17) is 39.2 Å². The van der Waals surface area contributed by atoms with Crippen molar-refractivity contribution in [3.05, 3.63) is 81.0 Å². The highest BCUT2D eigenvalue weighted by molar-refractivity contribution is 6.40. The molecule has 0 saturated carbocycles. The molecule has 1 amide bonds. The Morgan fingerprint density at radius 1 is 1.04 bits per heavy atom. The van der Waals surface area contributed by atoms with E-state index in [1.807, 2.05) is 12.1 Å². The van der Waals surface area contributed by atoms with Crippen LogP contribution in [-0.4, -0.2) is 5.91 Å². The van der Waals surface area contributed by atoms with Gasteiger partial charge in [0.25, 0.3) is 5.91 Å². The van der Waals surface area contributed by atoms with Gasteiger partial charge in [0, 0.05) is 16.7 Å². The van der Waals surface area contributed by atoms with Crippen molar-refractivity contribution in [2.45, 2.75) is 0 Å². The largest absolute Gasteiger partial charge is 0.457 e. The molecule has 0 unspecified atom stereocenters. The van der Waals surface area contributed by atoms with Gasteiger partial charge in [-0.2, -0.15) is 5.26 Å². The molecule has 0 aliphatic carbocycles. The SMILES string of the molecule is N#C/C(=C\c1ccc(-c2cccc(Cl)c2)o1)C(=O)Nc1c(Cl)cccc1Cl. The van der Waals surface area contributed by atoms with E-state index in [1.165, 1.54) is 6.08 Å². The van der Waals surface area contributed by atoms with Crippen molar-refractivity contribution in [3.8, 4) is 17.4 Å². The van der Waals surface area contributed by atoms with E-state index in [1.54, 1.807) is 48.5 Å². The molecule has 134 valence electrons. The third kappa shape index (κ3) is 4.53. The van der Waals surface area contributed by atoms with Crippen molar-refractivity contribution >= 4 is 52.5 Å². The van der Waals surface area contributed by atoms with Gasteiger partial charge in [-0.05, 0) is 36.4 Å². The number of benzene rings is 2. The number of furan rings is 1. The molecule has 0 atom stereocenters. The summed E-state index contributed by atoms with van der Waals surface area (Å²) in [7, 11) is 0. The van der Waals surface area contributed by atoms with Crippen LogP contribution in [0.5, 0.6) is 0 Å². The van der Waals surface area contributed by atoms with Crippen LogP contribution < -0.4 is 5.32 Å². The Hall–Kier alpha value is -2.71. The zero-order valence-corrected chi connectivity index (χ0v) is 15.9. The molecule has 3 rings (SSSR count). The minimum absolute atomic E-state index is 0.155. The summed E-state index contributed by atoms with van der Waals surface area (Å²) in [5.41, 5.74) is 0.872. The van der Waals surface area contributed by atoms with Crippen molar-refractivity contribution in [2.75, 3.05) is 5.32 Å². The fourth-order valence-corrected chi connectivity index (χ4v) is 3.00. The van der Waals surface area contributed by atoms with E-state index in [0.717, 1.165) is 5.56 Å². The normalized spacial score (nSPS) is 11.1. The molecule has 7 heteroatoms. The first-order chi connectivity index (χ1) is 13.0. The number of halogens is 3. The van der Waals surface area contributed by atoms with Crippen LogP contribution in [-0.2, 0) is 4.79 Å². The molecule has 1 N–H and O–H groups in total. The number of carbonyl (C=O) groups excluding carboxylic acids is 1. The standard InChI is InChI=1S/C20H11Cl3N2O2/c21-14-4-1-3-12(9-14)18-8-7-15(27-18)10-13(11-24)20(26)25-19-16(22)5-2-6-17(19)23/h1-10H,(H,25,26)/b13-10+. The number of carbonyl (C=O) groups is 1. The summed E-state index contributed by atoms with van der Waals surface area (Å²) in [6.07, 6.45) is 1.34. The maximum absolute atomic E-state index is 12.4. The number of nitrogens with one attached hydrogen (secondary N) is 1. The molecule has 3 aromatic rings. The molecule has 0 bridgehead atoms. The van der Waals surface area contributed by atoms with Crippen LogP contribution in [0.3, 0.4) is 0 Å². The summed E-state index contributed by atoms with van der Waals surface area (Å²) >= 11 is 18.1. The Kier molecular flexibility index (Phi) is 5.88. The van der Waals surface area contributed by atoms with Gasteiger partial charge in [-0.25, -0.2) is 0 Å². The van der Waals surface area contributed by atoms with Crippen LogP contribution in [0, 0.1) is 11.3 Å². The molecule has 0 aliphatic rings. The Morgan fingerprint density at radius 3 is 2.41 bits per heavy atom. The third-order valence-electron chi connectivity index (χ3n) is 3.59. The predicted molar refractivity (Wildman–Crippen MR) is 108 cm³/mol. The Bertz CT molecular complexity index is 1060. The van der Waals surface area contributed by atoms with Crippen molar-refractivity contribution in [3.63, 3.8) is 0 Å². The number of nitriles is 1. The summed E-state index contributed by atoms with van der Waals surface area (Å²) in [6, 6.07) is 17.2. The lowest BCUT2D eigenvalue weighted by molar-refractivity contribution is -0.112. The highest BCUT2D eigenvalue weighted by Gasteiger charge is 2.15. The second-order valence-corrected chi connectivity index (χ2v) is 6.68. The number of rotatable bonds is 4. The fraction of sp³-hybridized carbons (Fsp3) is 0. The van der Waals surface area contributed by atoms with Crippen molar-refractivity contribution < 1.29 is 9.21 Å². The van der Waals surface area contributed by atoms with Crippen LogP contribution in [0.15, 0.2) is 64.6 Å². The second-order valence-electron chi connectivity index (χ2n) is 5.43.